The maximum Gasteiger partial charge on any atom is 0.417 e. The van der Waals surface area contributed by atoms with Gasteiger partial charge in [0.2, 0.25) is 5.88 Å². The lowest BCUT2D eigenvalue weighted by atomic mass is 9.96. The average Bonchev–Trinajstić information content (AvgIpc) is 3.56. The Morgan fingerprint density at radius 2 is 1.90 bits per heavy atom. The molecule has 2 aliphatic heterocycles. The highest BCUT2D eigenvalue weighted by Gasteiger charge is 2.72. The third-order valence-electron chi connectivity index (χ3n) is 8.75. The summed E-state index contributed by atoms with van der Waals surface area (Å²) in [7, 11) is 0. The first-order chi connectivity index (χ1) is 22.6. The second-order valence-corrected chi connectivity index (χ2v) is 12.5. The molecule has 3 atom stereocenters. The van der Waals surface area contributed by atoms with Crippen molar-refractivity contribution in [1.29, 1.82) is 0 Å². The van der Waals surface area contributed by atoms with Crippen LogP contribution < -0.4 is 21.1 Å². The molecule has 1 aromatic carbocycles. The van der Waals surface area contributed by atoms with E-state index in [2.05, 4.69) is 32.3 Å². The lowest BCUT2D eigenvalue weighted by Crippen LogP contribution is -2.42. The van der Waals surface area contributed by atoms with Gasteiger partial charge in [-0.2, -0.15) is 18.2 Å². The number of fused-ring (bicyclic) bond motifs is 1. The van der Waals surface area contributed by atoms with Crippen molar-refractivity contribution in [3.05, 3.63) is 28.8 Å². The normalized spacial score (nSPS) is 25.0. The first-order valence-electron chi connectivity index (χ1n) is 15.5. The number of hydrogen-bond donors (Lipinski definition) is 3. The SMILES string of the molecule is C=N/C(=N\c1c(F)c(-c2cc(N)c(F)c(C)c2C(F)(F)F)nc2c1NCC(C)NCC[C@H](C)O2)OC[C@@]1(CN2CCOCC2)CC1(F)F. The van der Waals surface area contributed by atoms with Crippen molar-refractivity contribution in [3.63, 3.8) is 0 Å². The van der Waals surface area contributed by atoms with Crippen molar-refractivity contribution < 1.29 is 44.9 Å². The summed E-state index contributed by atoms with van der Waals surface area (Å²) in [4.78, 5) is 13.8. The van der Waals surface area contributed by atoms with Crippen LogP contribution in [0.5, 0.6) is 5.88 Å². The molecule has 2 fully saturated rings. The zero-order valence-electron chi connectivity index (χ0n) is 26.7. The van der Waals surface area contributed by atoms with Gasteiger partial charge in [-0.25, -0.2) is 27.5 Å². The molecule has 1 aromatic heterocycles. The van der Waals surface area contributed by atoms with Gasteiger partial charge in [-0.15, -0.1) is 0 Å². The zero-order chi connectivity index (χ0) is 35.0. The minimum atomic E-state index is -5.14. The van der Waals surface area contributed by atoms with E-state index in [1.54, 1.807) is 6.92 Å². The lowest BCUT2D eigenvalue weighted by molar-refractivity contribution is -0.137. The number of alkyl halides is 5. The van der Waals surface area contributed by atoms with Crippen molar-refractivity contribution >= 4 is 29.8 Å². The monoisotopic (exact) mass is 689 g/mol. The Bertz CT molecular complexity index is 1570. The van der Waals surface area contributed by atoms with Crippen LogP contribution in [0.4, 0.5) is 47.8 Å². The van der Waals surface area contributed by atoms with Crippen molar-refractivity contribution in [2.75, 3.05) is 63.6 Å². The number of aromatic nitrogens is 1. The number of ether oxygens (including phenoxy) is 3. The minimum absolute atomic E-state index is 0.000673. The number of benzene rings is 1. The smallest absolute Gasteiger partial charge is 0.417 e. The molecule has 1 unspecified atom stereocenters. The molecule has 48 heavy (non-hydrogen) atoms. The number of rotatable bonds is 6. The van der Waals surface area contributed by atoms with Gasteiger partial charge < -0.3 is 30.6 Å². The molecule has 3 aliphatic rings. The van der Waals surface area contributed by atoms with E-state index in [-0.39, 0.29) is 30.7 Å². The molecule has 1 saturated heterocycles. The van der Waals surface area contributed by atoms with Gasteiger partial charge in [-0.05, 0) is 52.1 Å². The molecule has 4 N–H and O–H groups in total. The van der Waals surface area contributed by atoms with Crippen LogP contribution in [0.3, 0.4) is 0 Å². The van der Waals surface area contributed by atoms with Gasteiger partial charge in [0, 0.05) is 44.2 Å². The Morgan fingerprint density at radius 1 is 1.21 bits per heavy atom. The fourth-order valence-corrected chi connectivity index (χ4v) is 5.89. The molecule has 5 rings (SSSR count). The predicted molar refractivity (Wildman–Crippen MR) is 166 cm³/mol. The van der Waals surface area contributed by atoms with Gasteiger partial charge in [-0.1, -0.05) is 0 Å². The number of anilines is 2. The maximum atomic E-state index is 16.7. The maximum absolute atomic E-state index is 16.7. The molecule has 10 nitrogen and oxygen atoms in total. The fourth-order valence-electron chi connectivity index (χ4n) is 5.89. The largest absolute Gasteiger partial charge is 0.473 e. The predicted octanol–water partition coefficient (Wildman–Crippen LogP) is 5.56. The van der Waals surface area contributed by atoms with Gasteiger partial charge in [0.1, 0.15) is 29.5 Å². The summed E-state index contributed by atoms with van der Waals surface area (Å²) >= 11 is 0. The average molecular weight is 690 g/mol. The molecule has 3 heterocycles. The fraction of sp³-hybridized carbons (Fsp3) is 0.581. The molecule has 2 aromatic rings. The summed E-state index contributed by atoms with van der Waals surface area (Å²) in [6.07, 6.45) is -5.71. The molecule has 17 heteroatoms. The quantitative estimate of drug-likeness (QED) is 0.156. The van der Waals surface area contributed by atoms with E-state index in [4.69, 9.17) is 19.9 Å². The molecule has 0 radical (unpaired) electrons. The molecule has 0 spiro atoms. The Labute approximate surface area is 272 Å². The molecule has 1 aliphatic carbocycles. The summed E-state index contributed by atoms with van der Waals surface area (Å²) in [6, 6.07) is -0.126. The Balaban J connectivity index is 1.63. The van der Waals surface area contributed by atoms with E-state index in [0.29, 0.717) is 45.3 Å². The van der Waals surface area contributed by atoms with Crippen LogP contribution in [0.1, 0.15) is 37.8 Å². The van der Waals surface area contributed by atoms with Crippen molar-refractivity contribution in [3.8, 4) is 17.1 Å². The number of nitrogens with zero attached hydrogens (tertiary/aromatic N) is 4. The number of nitrogen functional groups attached to an aromatic ring is 1. The van der Waals surface area contributed by atoms with Crippen molar-refractivity contribution in [2.24, 2.45) is 15.4 Å². The van der Waals surface area contributed by atoms with Crippen molar-refractivity contribution in [2.45, 2.75) is 57.9 Å². The van der Waals surface area contributed by atoms with E-state index >= 15 is 4.39 Å². The van der Waals surface area contributed by atoms with E-state index in [9.17, 15) is 26.3 Å². The third kappa shape index (κ3) is 7.32. The number of nitrogens with one attached hydrogen (secondary N) is 2. The third-order valence-corrected chi connectivity index (χ3v) is 8.75. The van der Waals surface area contributed by atoms with E-state index < -0.39 is 88.1 Å². The van der Waals surface area contributed by atoms with Crippen LogP contribution in [-0.2, 0) is 15.7 Å². The van der Waals surface area contributed by atoms with E-state index in [1.165, 1.54) is 0 Å². The highest BCUT2D eigenvalue weighted by atomic mass is 19.4. The molecule has 0 bridgehead atoms. The number of aliphatic imine (C=N–C) groups is 2. The van der Waals surface area contributed by atoms with Gasteiger partial charge in [-0.3, -0.25) is 4.90 Å². The van der Waals surface area contributed by atoms with Gasteiger partial charge >= 0.3 is 12.2 Å². The van der Waals surface area contributed by atoms with Gasteiger partial charge in [0.05, 0.1) is 36.0 Å². The highest BCUT2D eigenvalue weighted by molar-refractivity contribution is 5.87. The van der Waals surface area contributed by atoms with Crippen LogP contribution in [0.15, 0.2) is 16.1 Å². The number of halogens is 7. The topological polar surface area (TPSA) is 119 Å². The van der Waals surface area contributed by atoms with Crippen molar-refractivity contribution in [1.82, 2.24) is 15.2 Å². The van der Waals surface area contributed by atoms with Crippen LogP contribution >= 0.6 is 0 Å². The summed E-state index contributed by atoms with van der Waals surface area (Å²) in [5.74, 6) is -6.05. The number of pyridine rings is 1. The second kappa shape index (κ2) is 13.7. The Morgan fingerprint density at radius 3 is 2.52 bits per heavy atom. The molecule has 264 valence electrons. The van der Waals surface area contributed by atoms with Gasteiger partial charge in [0.25, 0.3) is 5.92 Å². The first kappa shape index (κ1) is 35.6. The molecule has 1 saturated carbocycles. The number of hydrogen-bond acceptors (Lipinski definition) is 9. The van der Waals surface area contributed by atoms with E-state index in [1.807, 2.05) is 11.8 Å². The molecule has 0 amide bonds. The second-order valence-electron chi connectivity index (χ2n) is 12.5. The summed E-state index contributed by atoms with van der Waals surface area (Å²) in [5, 5.41) is 6.25. The molecular weight excluding hydrogens is 651 g/mol. The molecular formula is C31H38F7N7O3. The minimum Gasteiger partial charge on any atom is -0.473 e. The Kier molecular flexibility index (Phi) is 10.1. The van der Waals surface area contributed by atoms with Gasteiger partial charge in [0.15, 0.2) is 5.82 Å². The van der Waals surface area contributed by atoms with Crippen LogP contribution in [-0.4, -0.2) is 93.2 Å². The summed E-state index contributed by atoms with van der Waals surface area (Å²) in [5.41, 5.74) is -1.39. The number of morpholine rings is 1. The van der Waals surface area contributed by atoms with Crippen LogP contribution in [0.2, 0.25) is 0 Å². The number of amidine groups is 1. The van der Waals surface area contributed by atoms with Crippen LogP contribution in [0.25, 0.3) is 11.3 Å². The Hall–Kier alpha value is -3.70. The highest BCUT2D eigenvalue weighted by Crippen LogP contribution is 2.61. The van der Waals surface area contributed by atoms with Crippen LogP contribution in [0, 0.1) is 24.0 Å². The first-order valence-corrected chi connectivity index (χ1v) is 15.5. The van der Waals surface area contributed by atoms with E-state index in [0.717, 1.165) is 6.92 Å². The summed E-state index contributed by atoms with van der Waals surface area (Å²) in [6.45, 7) is 9.67. The summed E-state index contributed by atoms with van der Waals surface area (Å²) < 4.78 is 121. The lowest BCUT2D eigenvalue weighted by Gasteiger charge is -2.30. The number of nitrogens with two attached hydrogens (primary N) is 1. The standard InChI is InChI=1S/C31H38F7N7O3/c1-16-12-42-26-25(44-28(40-4)47-15-29(13-30(29,34)35)14-45-7-9-46-10-8-45)23(33)24(43-27(26)48-17(2)5-6-41-16)19-11-20(39)22(32)18(3)21(19)31(36,37)38/h11,16-17,41-42H,4-10,12-15,39H2,1-3H3/b44-28+/t16?,17-,29-/m0/s1. The zero-order valence-corrected chi connectivity index (χ0v) is 26.7.